The SMILES string of the molecule is CC(=O)NCC1(C)COC(c2nc(-c3ccc(F)cc3)c(-c3ccnc(N)n3)[nH]2)OC1. The van der Waals surface area contributed by atoms with E-state index < -0.39 is 6.29 Å². The molecule has 3 heterocycles. The zero-order chi connectivity index (χ0) is 22.0. The van der Waals surface area contributed by atoms with Gasteiger partial charge in [-0.25, -0.2) is 19.3 Å². The molecule has 31 heavy (non-hydrogen) atoms. The van der Waals surface area contributed by atoms with Gasteiger partial charge in [-0.1, -0.05) is 6.92 Å². The number of benzene rings is 1. The van der Waals surface area contributed by atoms with E-state index in [1.807, 2.05) is 6.92 Å². The zero-order valence-electron chi connectivity index (χ0n) is 17.2. The molecule has 1 fully saturated rings. The van der Waals surface area contributed by atoms with Crippen molar-refractivity contribution in [2.75, 3.05) is 25.5 Å². The van der Waals surface area contributed by atoms with Crippen LogP contribution in [0.1, 0.15) is 26.0 Å². The maximum atomic E-state index is 13.4. The van der Waals surface area contributed by atoms with Gasteiger partial charge in [0.2, 0.25) is 18.1 Å². The van der Waals surface area contributed by atoms with Crippen LogP contribution in [-0.4, -0.2) is 45.6 Å². The number of anilines is 1. The van der Waals surface area contributed by atoms with Crippen molar-refractivity contribution in [3.63, 3.8) is 0 Å². The average molecular weight is 426 g/mol. The molecule has 0 bridgehead atoms. The van der Waals surface area contributed by atoms with Gasteiger partial charge in [-0.15, -0.1) is 0 Å². The molecule has 1 aliphatic heterocycles. The average Bonchev–Trinajstić information content (AvgIpc) is 3.19. The van der Waals surface area contributed by atoms with Gasteiger partial charge >= 0.3 is 0 Å². The summed E-state index contributed by atoms with van der Waals surface area (Å²) in [6.45, 7) is 4.64. The van der Waals surface area contributed by atoms with E-state index in [-0.39, 0.29) is 23.1 Å². The van der Waals surface area contributed by atoms with Crippen LogP contribution in [0.2, 0.25) is 0 Å². The third kappa shape index (κ3) is 4.70. The van der Waals surface area contributed by atoms with E-state index >= 15 is 0 Å². The van der Waals surface area contributed by atoms with Crippen LogP contribution in [0.3, 0.4) is 0 Å². The maximum absolute atomic E-state index is 13.4. The van der Waals surface area contributed by atoms with Crippen molar-refractivity contribution in [1.29, 1.82) is 0 Å². The maximum Gasteiger partial charge on any atom is 0.220 e. The number of aromatic nitrogens is 4. The lowest BCUT2D eigenvalue weighted by molar-refractivity contribution is -0.232. The fourth-order valence-corrected chi connectivity index (χ4v) is 3.26. The van der Waals surface area contributed by atoms with E-state index in [1.165, 1.54) is 19.1 Å². The lowest BCUT2D eigenvalue weighted by Crippen LogP contribution is -2.45. The molecule has 10 heteroatoms. The van der Waals surface area contributed by atoms with Gasteiger partial charge in [0.1, 0.15) is 5.82 Å². The van der Waals surface area contributed by atoms with Crippen LogP contribution in [0.4, 0.5) is 10.3 Å². The van der Waals surface area contributed by atoms with Crippen molar-refractivity contribution in [2.24, 2.45) is 5.41 Å². The standard InChI is InChI=1S/C21H23FN6O3/c1-12(29)25-9-21(2)10-30-19(31-11-21)18-27-16(13-3-5-14(22)6-4-13)17(28-18)15-7-8-24-20(23)26-15/h3-8,19H,9-11H2,1-2H3,(H,25,29)(H,27,28)(H2,23,24,26). The van der Waals surface area contributed by atoms with Crippen LogP contribution in [0, 0.1) is 11.2 Å². The molecule has 3 aromatic rings. The van der Waals surface area contributed by atoms with E-state index in [1.54, 1.807) is 24.4 Å². The van der Waals surface area contributed by atoms with Gasteiger partial charge in [0.15, 0.2) is 5.82 Å². The van der Waals surface area contributed by atoms with Crippen LogP contribution in [-0.2, 0) is 14.3 Å². The van der Waals surface area contributed by atoms with E-state index in [2.05, 4.69) is 25.3 Å². The predicted molar refractivity (Wildman–Crippen MR) is 111 cm³/mol. The number of hydrogen-bond donors (Lipinski definition) is 3. The van der Waals surface area contributed by atoms with Crippen LogP contribution in [0.5, 0.6) is 0 Å². The molecular formula is C21H23FN6O3. The van der Waals surface area contributed by atoms with E-state index in [0.29, 0.717) is 48.2 Å². The molecule has 2 aromatic heterocycles. The number of hydrogen-bond acceptors (Lipinski definition) is 7. The van der Waals surface area contributed by atoms with Crippen LogP contribution in [0.15, 0.2) is 36.5 Å². The summed E-state index contributed by atoms with van der Waals surface area (Å²) in [5, 5.41) is 2.80. The number of nitrogens with zero attached hydrogens (tertiary/aromatic N) is 3. The first-order chi connectivity index (χ1) is 14.8. The summed E-state index contributed by atoms with van der Waals surface area (Å²) >= 11 is 0. The van der Waals surface area contributed by atoms with Crippen LogP contribution < -0.4 is 11.1 Å². The number of amides is 1. The van der Waals surface area contributed by atoms with Crippen molar-refractivity contribution in [1.82, 2.24) is 25.3 Å². The zero-order valence-corrected chi connectivity index (χ0v) is 17.2. The van der Waals surface area contributed by atoms with Crippen LogP contribution >= 0.6 is 0 Å². The van der Waals surface area contributed by atoms with Gasteiger partial charge in [0.05, 0.1) is 30.3 Å². The second-order valence-corrected chi connectivity index (χ2v) is 7.83. The van der Waals surface area contributed by atoms with Gasteiger partial charge in [-0.05, 0) is 30.3 Å². The Labute approximate surface area is 178 Å². The Bertz CT molecular complexity index is 1080. The number of nitrogens with two attached hydrogens (primary N) is 1. The first-order valence-electron chi connectivity index (χ1n) is 9.75. The largest absolute Gasteiger partial charge is 0.368 e. The molecule has 1 saturated heterocycles. The molecule has 0 unspecified atom stereocenters. The first kappa shape index (κ1) is 20.9. The highest BCUT2D eigenvalue weighted by atomic mass is 19.1. The normalized spacial score (nSPS) is 21.1. The van der Waals surface area contributed by atoms with Gasteiger partial charge in [0, 0.05) is 30.6 Å². The highest BCUT2D eigenvalue weighted by Gasteiger charge is 2.35. The molecule has 1 aliphatic rings. The highest BCUT2D eigenvalue weighted by molar-refractivity contribution is 5.77. The van der Waals surface area contributed by atoms with E-state index in [9.17, 15) is 9.18 Å². The molecule has 0 radical (unpaired) electrons. The number of halogens is 1. The minimum Gasteiger partial charge on any atom is -0.368 e. The lowest BCUT2D eigenvalue weighted by atomic mass is 9.92. The molecule has 0 saturated carbocycles. The number of ether oxygens (including phenoxy) is 2. The summed E-state index contributed by atoms with van der Waals surface area (Å²) in [7, 11) is 0. The van der Waals surface area contributed by atoms with E-state index in [4.69, 9.17) is 15.2 Å². The predicted octanol–water partition coefficient (Wildman–Crippen LogP) is 2.44. The van der Waals surface area contributed by atoms with Crippen molar-refractivity contribution in [3.8, 4) is 22.6 Å². The van der Waals surface area contributed by atoms with Crippen molar-refractivity contribution in [3.05, 3.63) is 48.2 Å². The first-order valence-corrected chi connectivity index (χ1v) is 9.75. The Hall–Kier alpha value is -3.37. The van der Waals surface area contributed by atoms with Gasteiger partial charge in [-0.3, -0.25) is 4.79 Å². The van der Waals surface area contributed by atoms with E-state index in [0.717, 1.165) is 0 Å². The molecule has 4 N–H and O–H groups in total. The Morgan fingerprint density at radius 3 is 2.61 bits per heavy atom. The summed E-state index contributed by atoms with van der Waals surface area (Å²) in [5.74, 6) is 0.127. The second kappa shape index (κ2) is 8.40. The Kier molecular flexibility index (Phi) is 5.66. The minimum atomic E-state index is -0.725. The molecule has 9 nitrogen and oxygen atoms in total. The molecule has 162 valence electrons. The highest BCUT2D eigenvalue weighted by Crippen LogP contribution is 2.35. The summed E-state index contributed by atoms with van der Waals surface area (Å²) in [4.78, 5) is 27.3. The third-order valence-electron chi connectivity index (χ3n) is 4.92. The molecule has 4 rings (SSSR count). The molecular weight excluding hydrogens is 403 g/mol. The summed E-state index contributed by atoms with van der Waals surface area (Å²) in [5.41, 5.74) is 7.79. The molecule has 0 atom stereocenters. The molecule has 0 aliphatic carbocycles. The number of aromatic amines is 1. The number of rotatable bonds is 5. The monoisotopic (exact) mass is 426 g/mol. The number of imidazole rings is 1. The smallest absolute Gasteiger partial charge is 0.220 e. The fourth-order valence-electron chi connectivity index (χ4n) is 3.26. The van der Waals surface area contributed by atoms with Crippen molar-refractivity contribution < 1.29 is 18.7 Å². The summed E-state index contributed by atoms with van der Waals surface area (Å²) in [6.07, 6.45) is 0.825. The second-order valence-electron chi connectivity index (χ2n) is 7.83. The summed E-state index contributed by atoms with van der Waals surface area (Å²) < 4.78 is 25.2. The Morgan fingerprint density at radius 1 is 1.26 bits per heavy atom. The number of nitrogens with one attached hydrogen (secondary N) is 2. The van der Waals surface area contributed by atoms with Crippen molar-refractivity contribution in [2.45, 2.75) is 20.1 Å². The minimum absolute atomic E-state index is 0.105. The van der Waals surface area contributed by atoms with Gasteiger partial charge < -0.3 is 25.5 Å². The number of carbonyl (C=O) groups is 1. The molecule has 1 aromatic carbocycles. The van der Waals surface area contributed by atoms with Crippen molar-refractivity contribution >= 4 is 11.9 Å². The van der Waals surface area contributed by atoms with Crippen LogP contribution in [0.25, 0.3) is 22.6 Å². The quantitative estimate of drug-likeness (QED) is 0.572. The molecule has 0 spiro atoms. The lowest BCUT2D eigenvalue weighted by Gasteiger charge is -2.36. The number of carbonyl (C=O) groups excluding carboxylic acids is 1. The fraction of sp³-hybridized carbons (Fsp3) is 0.333. The Morgan fingerprint density at radius 2 is 1.97 bits per heavy atom. The van der Waals surface area contributed by atoms with Gasteiger partial charge in [0.25, 0.3) is 0 Å². The number of nitrogen functional groups attached to an aromatic ring is 1. The molecule has 1 amide bonds. The van der Waals surface area contributed by atoms with Gasteiger partial charge in [-0.2, -0.15) is 0 Å². The Balaban J connectivity index is 1.63. The third-order valence-corrected chi connectivity index (χ3v) is 4.92. The topological polar surface area (TPSA) is 128 Å². The summed E-state index contributed by atoms with van der Waals surface area (Å²) in [6, 6.07) is 7.70. The number of H-pyrrole nitrogens is 1.